The predicted octanol–water partition coefficient (Wildman–Crippen LogP) is 1.65. The van der Waals surface area contributed by atoms with Crippen LogP contribution >= 0.6 is 0 Å². The van der Waals surface area contributed by atoms with E-state index < -0.39 is 23.8 Å². The second kappa shape index (κ2) is 20.3. The van der Waals surface area contributed by atoms with Gasteiger partial charge >= 0.3 is 0 Å². The highest BCUT2D eigenvalue weighted by molar-refractivity contribution is 5.92. The lowest BCUT2D eigenvalue weighted by Gasteiger charge is -2.23. The van der Waals surface area contributed by atoms with Crippen LogP contribution in [0, 0.1) is 0 Å². The number of benzene rings is 3. The first-order valence-electron chi connectivity index (χ1n) is 15.0. The van der Waals surface area contributed by atoms with Crippen LogP contribution in [0.5, 0.6) is 0 Å². The molecule has 3 aromatic carbocycles. The number of nitrogens with two attached hydrogens (primary N) is 3. The fourth-order valence-electron chi connectivity index (χ4n) is 4.50. The average molecular weight is 646 g/mol. The molecule has 0 aromatic heterocycles. The lowest BCUT2D eigenvalue weighted by Crippen LogP contribution is -2.48. The predicted molar refractivity (Wildman–Crippen MR) is 178 cm³/mol. The number of hydrogen-bond donors (Lipinski definition) is 7. The van der Waals surface area contributed by atoms with Crippen molar-refractivity contribution in [2.24, 2.45) is 22.2 Å². The summed E-state index contributed by atoms with van der Waals surface area (Å²) < 4.78 is 0. The van der Waals surface area contributed by atoms with Crippen LogP contribution in [-0.4, -0.2) is 53.3 Å². The number of guanidine groups is 1. The third kappa shape index (κ3) is 15.2. The number of carboxylic acid groups (broad SMARTS) is 1. The summed E-state index contributed by atoms with van der Waals surface area (Å²) in [6.45, 7) is 1.88. The number of primary amides is 1. The van der Waals surface area contributed by atoms with Gasteiger partial charge in [0.15, 0.2) is 5.96 Å². The summed E-state index contributed by atoms with van der Waals surface area (Å²) in [7, 11) is 0. The Labute approximate surface area is 274 Å². The SMILES string of the molecule is CC(=O)O.NC(=O)CCC(=O)NCc1cccc(CNC(=O)[C@@H](CCCN=C(N)N)NC(=O)C(c2ccccc2)c2ccccc2)c1. The van der Waals surface area contributed by atoms with Crippen molar-refractivity contribution < 1.29 is 29.1 Å². The van der Waals surface area contributed by atoms with Gasteiger partial charge in [-0.2, -0.15) is 0 Å². The number of hydrogen-bond acceptors (Lipinski definition) is 6. The van der Waals surface area contributed by atoms with Gasteiger partial charge < -0.3 is 38.3 Å². The Morgan fingerprint density at radius 3 is 1.79 bits per heavy atom. The highest BCUT2D eigenvalue weighted by Gasteiger charge is 2.27. The maximum Gasteiger partial charge on any atom is 0.300 e. The van der Waals surface area contributed by atoms with Crippen LogP contribution in [0.15, 0.2) is 89.9 Å². The average Bonchev–Trinajstić information content (AvgIpc) is 3.04. The van der Waals surface area contributed by atoms with E-state index >= 15 is 0 Å². The zero-order chi connectivity index (χ0) is 34.6. The standard InChI is InChI=1S/C32H39N7O4.C2H4O2/c33-27(40)16-17-28(41)37-20-22-9-7-10-23(19-22)21-38-30(42)26(15-8-18-36-32(34)35)39-31(43)29(24-11-3-1-4-12-24)25-13-5-2-6-14-25;1-2(3)4/h1-7,9-14,19,26,29H,8,15-18,20-21H2,(H2,33,40)(H,37,41)(H,38,42)(H,39,43)(H4,34,35,36);1H3,(H,3,4)/t26-;/m1./s1. The van der Waals surface area contributed by atoms with Gasteiger partial charge in [0.05, 0.1) is 5.92 Å². The quantitative estimate of drug-likeness (QED) is 0.0686. The number of aliphatic carboxylic acids is 1. The maximum absolute atomic E-state index is 13.7. The van der Waals surface area contributed by atoms with Crippen molar-refractivity contribution in [1.82, 2.24) is 16.0 Å². The topological polar surface area (TPSA) is 232 Å². The van der Waals surface area contributed by atoms with Gasteiger partial charge in [0.25, 0.3) is 5.97 Å². The molecule has 4 amide bonds. The molecule has 0 spiro atoms. The number of nitrogens with zero attached hydrogens (tertiary/aromatic N) is 1. The molecule has 0 saturated heterocycles. The molecule has 1 atom stereocenters. The molecule has 0 fully saturated rings. The van der Waals surface area contributed by atoms with E-state index in [1.165, 1.54) is 0 Å². The largest absolute Gasteiger partial charge is 0.481 e. The summed E-state index contributed by atoms with van der Waals surface area (Å²) in [6, 6.07) is 25.4. The van der Waals surface area contributed by atoms with Crippen molar-refractivity contribution in [3.8, 4) is 0 Å². The minimum absolute atomic E-state index is 0.0149. The zero-order valence-electron chi connectivity index (χ0n) is 26.4. The van der Waals surface area contributed by atoms with Gasteiger partial charge in [-0.25, -0.2) is 0 Å². The highest BCUT2D eigenvalue weighted by atomic mass is 16.4. The minimum atomic E-state index is -0.833. The monoisotopic (exact) mass is 645 g/mol. The Morgan fingerprint density at radius 2 is 1.28 bits per heavy atom. The van der Waals surface area contributed by atoms with Gasteiger partial charge in [-0.05, 0) is 35.1 Å². The highest BCUT2D eigenvalue weighted by Crippen LogP contribution is 2.25. The van der Waals surface area contributed by atoms with Gasteiger partial charge in [-0.1, -0.05) is 84.9 Å². The Bertz CT molecular complexity index is 1450. The summed E-state index contributed by atoms with van der Waals surface area (Å²) in [4.78, 5) is 62.9. The van der Waals surface area contributed by atoms with Crippen LogP contribution in [0.1, 0.15) is 60.8 Å². The molecule has 13 nitrogen and oxygen atoms in total. The zero-order valence-corrected chi connectivity index (χ0v) is 26.4. The van der Waals surface area contributed by atoms with E-state index in [4.69, 9.17) is 27.1 Å². The van der Waals surface area contributed by atoms with E-state index in [0.29, 0.717) is 19.4 Å². The molecule has 250 valence electrons. The van der Waals surface area contributed by atoms with Gasteiger partial charge in [0.2, 0.25) is 23.6 Å². The third-order valence-electron chi connectivity index (χ3n) is 6.65. The number of carboxylic acids is 1. The maximum atomic E-state index is 13.7. The summed E-state index contributed by atoms with van der Waals surface area (Å²) in [6.07, 6.45) is 0.806. The summed E-state index contributed by atoms with van der Waals surface area (Å²) in [5.41, 5.74) is 19.2. The number of amides is 4. The van der Waals surface area contributed by atoms with Crippen LogP contribution in [0.3, 0.4) is 0 Å². The van der Waals surface area contributed by atoms with Crippen LogP contribution in [0.25, 0.3) is 0 Å². The molecule has 10 N–H and O–H groups in total. The first-order chi connectivity index (χ1) is 22.5. The summed E-state index contributed by atoms with van der Waals surface area (Å²) in [5.74, 6) is -2.93. The van der Waals surface area contributed by atoms with E-state index in [9.17, 15) is 19.2 Å². The smallest absolute Gasteiger partial charge is 0.300 e. The lowest BCUT2D eigenvalue weighted by molar-refractivity contribution is -0.134. The van der Waals surface area contributed by atoms with Gasteiger partial charge in [-0.15, -0.1) is 0 Å². The van der Waals surface area contributed by atoms with Gasteiger partial charge in [0.1, 0.15) is 6.04 Å². The van der Waals surface area contributed by atoms with Crippen molar-refractivity contribution in [2.45, 2.75) is 57.7 Å². The van der Waals surface area contributed by atoms with Gasteiger partial charge in [0, 0.05) is 39.4 Å². The lowest BCUT2D eigenvalue weighted by atomic mass is 9.90. The first-order valence-corrected chi connectivity index (χ1v) is 15.0. The molecule has 0 aliphatic carbocycles. The summed E-state index contributed by atoms with van der Waals surface area (Å²) in [5, 5.41) is 16.0. The summed E-state index contributed by atoms with van der Waals surface area (Å²) >= 11 is 0. The number of aliphatic imine (C=N–C) groups is 1. The minimum Gasteiger partial charge on any atom is -0.481 e. The first kappa shape index (κ1) is 37.5. The number of nitrogens with one attached hydrogen (secondary N) is 3. The Morgan fingerprint density at radius 1 is 0.745 bits per heavy atom. The van der Waals surface area contributed by atoms with Crippen LogP contribution in [0.2, 0.25) is 0 Å². The van der Waals surface area contributed by atoms with Gasteiger partial charge in [-0.3, -0.25) is 29.0 Å². The Kier molecular flexibility index (Phi) is 16.2. The number of rotatable bonds is 16. The van der Waals surface area contributed by atoms with E-state index in [-0.39, 0.29) is 49.6 Å². The molecule has 0 heterocycles. The van der Waals surface area contributed by atoms with E-state index in [1.807, 2.05) is 84.9 Å². The van der Waals surface area contributed by atoms with Crippen molar-refractivity contribution in [3.63, 3.8) is 0 Å². The Balaban J connectivity index is 0.00000181. The Hall–Kier alpha value is -5.72. The molecular weight excluding hydrogens is 602 g/mol. The van der Waals surface area contributed by atoms with Crippen molar-refractivity contribution in [2.75, 3.05) is 6.54 Å². The fraction of sp³-hybridized carbons (Fsp3) is 0.294. The molecule has 0 saturated carbocycles. The molecule has 3 aromatic rings. The van der Waals surface area contributed by atoms with Crippen LogP contribution < -0.4 is 33.2 Å². The normalized spacial score (nSPS) is 10.9. The van der Waals surface area contributed by atoms with Crippen molar-refractivity contribution >= 4 is 35.6 Å². The molecule has 0 aliphatic rings. The second-order valence-electron chi connectivity index (χ2n) is 10.6. The van der Waals surface area contributed by atoms with E-state index in [2.05, 4.69) is 20.9 Å². The van der Waals surface area contributed by atoms with E-state index in [0.717, 1.165) is 29.2 Å². The van der Waals surface area contributed by atoms with Crippen LogP contribution in [0.4, 0.5) is 0 Å². The van der Waals surface area contributed by atoms with E-state index in [1.54, 1.807) is 0 Å². The molecule has 0 radical (unpaired) electrons. The van der Waals surface area contributed by atoms with Crippen molar-refractivity contribution in [1.29, 1.82) is 0 Å². The second-order valence-corrected chi connectivity index (χ2v) is 10.6. The number of carbonyl (C=O) groups is 5. The molecule has 13 heteroatoms. The molecular formula is C34H43N7O6. The third-order valence-corrected chi connectivity index (χ3v) is 6.65. The molecule has 47 heavy (non-hydrogen) atoms. The molecule has 3 rings (SSSR count). The van der Waals surface area contributed by atoms with Crippen molar-refractivity contribution in [3.05, 3.63) is 107 Å². The fourth-order valence-corrected chi connectivity index (χ4v) is 4.50. The molecule has 0 bridgehead atoms. The molecule has 0 unspecified atom stereocenters. The van der Waals surface area contributed by atoms with Crippen LogP contribution in [-0.2, 0) is 37.1 Å². The number of carbonyl (C=O) groups excluding carboxylic acids is 4. The molecule has 0 aliphatic heterocycles.